The van der Waals surface area contributed by atoms with Crippen molar-refractivity contribution in [2.75, 3.05) is 18.6 Å². The molecule has 5 heteroatoms. The number of sulfone groups is 1. The molecule has 0 unspecified atom stereocenters. The molecule has 0 fully saturated rings. The van der Waals surface area contributed by atoms with Crippen LogP contribution in [0.2, 0.25) is 0 Å². The predicted octanol–water partition coefficient (Wildman–Crippen LogP) is 1.13. The molecule has 1 rings (SSSR count). The van der Waals surface area contributed by atoms with E-state index < -0.39 is 9.84 Å². The van der Waals surface area contributed by atoms with Gasteiger partial charge < -0.3 is 10.5 Å². The summed E-state index contributed by atoms with van der Waals surface area (Å²) < 4.78 is 27.0. The van der Waals surface area contributed by atoms with Gasteiger partial charge in [-0.1, -0.05) is 12.1 Å². The van der Waals surface area contributed by atoms with Gasteiger partial charge in [-0.2, -0.15) is 0 Å². The average Bonchev–Trinajstić information content (AvgIpc) is 2.16. The van der Waals surface area contributed by atoms with Gasteiger partial charge in [-0.15, -0.1) is 0 Å². The van der Waals surface area contributed by atoms with E-state index in [1.807, 2.05) is 19.1 Å². The van der Waals surface area contributed by atoms with Crippen LogP contribution < -0.4 is 10.5 Å². The molecular formula is C11H17NO3S. The SMILES string of the molecule is C[C@H](N)c1ccc(OCCS(C)(=O)=O)cc1. The monoisotopic (exact) mass is 243 g/mol. The molecule has 0 saturated heterocycles. The molecule has 0 radical (unpaired) electrons. The van der Waals surface area contributed by atoms with E-state index in [4.69, 9.17) is 10.5 Å². The van der Waals surface area contributed by atoms with Crippen LogP contribution in [0.25, 0.3) is 0 Å². The van der Waals surface area contributed by atoms with Gasteiger partial charge in [0.1, 0.15) is 12.4 Å². The molecule has 0 saturated carbocycles. The fraction of sp³-hybridized carbons (Fsp3) is 0.455. The van der Waals surface area contributed by atoms with Gasteiger partial charge in [0.25, 0.3) is 0 Å². The van der Waals surface area contributed by atoms with Crippen molar-refractivity contribution >= 4 is 9.84 Å². The molecule has 0 spiro atoms. The fourth-order valence-electron chi connectivity index (χ4n) is 1.18. The molecule has 0 heterocycles. The number of benzene rings is 1. The minimum Gasteiger partial charge on any atom is -0.493 e. The number of hydrogen-bond donors (Lipinski definition) is 1. The highest BCUT2D eigenvalue weighted by molar-refractivity contribution is 7.90. The average molecular weight is 243 g/mol. The molecule has 0 amide bonds. The van der Waals surface area contributed by atoms with Crippen LogP contribution in [0, 0.1) is 0 Å². The summed E-state index contributed by atoms with van der Waals surface area (Å²) in [7, 11) is -2.96. The summed E-state index contributed by atoms with van der Waals surface area (Å²) in [6.07, 6.45) is 1.19. The predicted molar refractivity (Wildman–Crippen MR) is 64.3 cm³/mol. The summed E-state index contributed by atoms with van der Waals surface area (Å²) in [6.45, 7) is 2.08. The smallest absolute Gasteiger partial charge is 0.150 e. The maximum Gasteiger partial charge on any atom is 0.150 e. The lowest BCUT2D eigenvalue weighted by Gasteiger charge is -2.08. The van der Waals surface area contributed by atoms with E-state index in [0.717, 1.165) is 5.56 Å². The van der Waals surface area contributed by atoms with Crippen molar-refractivity contribution in [3.63, 3.8) is 0 Å². The Morgan fingerprint density at radius 2 is 1.88 bits per heavy atom. The summed E-state index contributed by atoms with van der Waals surface area (Å²) in [5.74, 6) is 0.690. The lowest BCUT2D eigenvalue weighted by atomic mass is 10.1. The van der Waals surface area contributed by atoms with Crippen LogP contribution in [-0.2, 0) is 9.84 Å². The Bertz CT molecular complexity index is 423. The number of rotatable bonds is 5. The molecular weight excluding hydrogens is 226 g/mol. The first-order valence-electron chi connectivity index (χ1n) is 5.04. The normalized spacial score (nSPS) is 13.4. The van der Waals surface area contributed by atoms with Gasteiger partial charge in [-0.05, 0) is 24.6 Å². The van der Waals surface area contributed by atoms with Gasteiger partial charge in [0, 0.05) is 12.3 Å². The Hall–Kier alpha value is -1.07. The molecule has 0 bridgehead atoms. The number of nitrogens with two attached hydrogens (primary N) is 1. The van der Waals surface area contributed by atoms with Crippen LogP contribution >= 0.6 is 0 Å². The topological polar surface area (TPSA) is 69.4 Å². The molecule has 0 aromatic heterocycles. The van der Waals surface area contributed by atoms with Crippen LogP contribution in [0.4, 0.5) is 0 Å². The Balaban J connectivity index is 2.50. The van der Waals surface area contributed by atoms with Crippen LogP contribution in [0.3, 0.4) is 0 Å². The molecule has 1 aromatic rings. The van der Waals surface area contributed by atoms with E-state index in [1.165, 1.54) is 6.26 Å². The van der Waals surface area contributed by atoms with Crippen molar-refractivity contribution in [1.82, 2.24) is 0 Å². The molecule has 4 nitrogen and oxygen atoms in total. The van der Waals surface area contributed by atoms with Crippen molar-refractivity contribution in [3.8, 4) is 5.75 Å². The van der Waals surface area contributed by atoms with Crippen molar-refractivity contribution in [2.24, 2.45) is 5.73 Å². The molecule has 0 aliphatic rings. The highest BCUT2D eigenvalue weighted by Gasteiger charge is 2.03. The van der Waals surface area contributed by atoms with E-state index >= 15 is 0 Å². The van der Waals surface area contributed by atoms with Crippen LogP contribution in [0.1, 0.15) is 18.5 Å². The van der Waals surface area contributed by atoms with Crippen LogP contribution in [0.5, 0.6) is 5.75 Å². The van der Waals surface area contributed by atoms with Crippen molar-refractivity contribution in [1.29, 1.82) is 0 Å². The van der Waals surface area contributed by atoms with Gasteiger partial charge in [-0.3, -0.25) is 0 Å². The largest absolute Gasteiger partial charge is 0.493 e. The lowest BCUT2D eigenvalue weighted by molar-refractivity contribution is 0.341. The first-order valence-corrected chi connectivity index (χ1v) is 7.10. The van der Waals surface area contributed by atoms with E-state index in [1.54, 1.807) is 12.1 Å². The van der Waals surface area contributed by atoms with Crippen molar-refractivity contribution < 1.29 is 13.2 Å². The summed E-state index contributed by atoms with van der Waals surface area (Å²) in [4.78, 5) is 0. The lowest BCUT2D eigenvalue weighted by Crippen LogP contribution is -2.12. The second-order valence-electron chi connectivity index (χ2n) is 3.84. The van der Waals surface area contributed by atoms with E-state index in [9.17, 15) is 8.42 Å². The quantitative estimate of drug-likeness (QED) is 0.841. The molecule has 1 aromatic carbocycles. The summed E-state index contributed by atoms with van der Waals surface area (Å²) in [5.41, 5.74) is 6.72. The molecule has 1 atom stereocenters. The first-order chi connectivity index (χ1) is 7.38. The Labute approximate surface area is 96.3 Å². The highest BCUT2D eigenvalue weighted by atomic mass is 32.2. The van der Waals surface area contributed by atoms with E-state index in [0.29, 0.717) is 5.75 Å². The maximum absolute atomic E-state index is 10.9. The Morgan fingerprint density at radius 3 is 2.31 bits per heavy atom. The third kappa shape index (κ3) is 4.63. The van der Waals surface area contributed by atoms with Gasteiger partial charge in [0.15, 0.2) is 9.84 Å². The second kappa shape index (κ2) is 5.32. The van der Waals surface area contributed by atoms with Crippen LogP contribution in [-0.4, -0.2) is 27.0 Å². The number of ether oxygens (including phenoxy) is 1. The third-order valence-corrected chi connectivity index (χ3v) is 3.04. The fourth-order valence-corrected chi connectivity index (χ4v) is 1.56. The Morgan fingerprint density at radius 1 is 1.31 bits per heavy atom. The maximum atomic E-state index is 10.9. The summed E-state index contributed by atoms with van der Waals surface area (Å²) >= 11 is 0. The van der Waals surface area contributed by atoms with Crippen molar-refractivity contribution in [3.05, 3.63) is 29.8 Å². The summed E-state index contributed by atoms with van der Waals surface area (Å²) in [5, 5.41) is 0. The van der Waals surface area contributed by atoms with E-state index in [2.05, 4.69) is 0 Å². The summed E-state index contributed by atoms with van der Waals surface area (Å²) in [6, 6.07) is 7.33. The minimum atomic E-state index is -2.96. The van der Waals surface area contributed by atoms with Gasteiger partial charge in [-0.25, -0.2) is 8.42 Å². The number of hydrogen-bond acceptors (Lipinski definition) is 4. The standard InChI is InChI=1S/C11H17NO3S/c1-9(12)10-3-5-11(6-4-10)15-7-8-16(2,13)14/h3-6,9H,7-8,12H2,1-2H3/t9-/m0/s1. The molecule has 2 N–H and O–H groups in total. The van der Waals surface area contributed by atoms with Gasteiger partial charge >= 0.3 is 0 Å². The van der Waals surface area contributed by atoms with Crippen LogP contribution in [0.15, 0.2) is 24.3 Å². The first kappa shape index (κ1) is 13.0. The Kier molecular flexibility index (Phi) is 4.32. The zero-order valence-electron chi connectivity index (χ0n) is 9.51. The zero-order chi connectivity index (χ0) is 12.2. The second-order valence-corrected chi connectivity index (χ2v) is 6.10. The molecule has 16 heavy (non-hydrogen) atoms. The third-order valence-electron chi connectivity index (χ3n) is 2.13. The molecule has 0 aliphatic carbocycles. The molecule has 0 aliphatic heterocycles. The van der Waals surface area contributed by atoms with E-state index in [-0.39, 0.29) is 18.4 Å². The van der Waals surface area contributed by atoms with Gasteiger partial charge in [0.05, 0.1) is 5.75 Å². The van der Waals surface area contributed by atoms with Crippen molar-refractivity contribution in [2.45, 2.75) is 13.0 Å². The minimum absolute atomic E-state index is 0.00919. The van der Waals surface area contributed by atoms with Gasteiger partial charge in [0.2, 0.25) is 0 Å². The molecule has 90 valence electrons. The zero-order valence-corrected chi connectivity index (χ0v) is 10.3. The highest BCUT2D eigenvalue weighted by Crippen LogP contribution is 2.15.